The highest BCUT2D eigenvalue weighted by atomic mass is 16.5. The lowest BCUT2D eigenvalue weighted by Crippen LogP contribution is -2.44. The molecule has 4 heteroatoms. The first-order chi connectivity index (χ1) is 14.2. The lowest BCUT2D eigenvalue weighted by Gasteiger charge is -2.34. The molecule has 3 aromatic rings. The van der Waals surface area contributed by atoms with Crippen LogP contribution in [0.3, 0.4) is 0 Å². The van der Waals surface area contributed by atoms with Gasteiger partial charge in [-0.1, -0.05) is 66.7 Å². The largest absolute Gasteiger partial charge is 0.474 e. The molecule has 2 heterocycles. The minimum atomic E-state index is -0.270. The Labute approximate surface area is 172 Å². The number of amides is 1. The standard InChI is InChI=1S/C25H26N2O2/c1-19-9-8-14-23(26-19)29-22-15-17-27(18-16-22)25(28)24(20-10-4-2-5-11-20)21-12-6-3-7-13-21/h2-14,22,24H,15-18H2,1H3. The first-order valence-electron chi connectivity index (χ1n) is 10.2. The number of nitrogens with zero attached hydrogens (tertiary/aromatic N) is 2. The molecule has 0 radical (unpaired) electrons. The molecule has 1 aliphatic rings. The van der Waals surface area contributed by atoms with E-state index >= 15 is 0 Å². The summed E-state index contributed by atoms with van der Waals surface area (Å²) in [7, 11) is 0. The molecule has 0 saturated carbocycles. The van der Waals surface area contributed by atoms with Crippen molar-refractivity contribution in [2.45, 2.75) is 31.8 Å². The summed E-state index contributed by atoms with van der Waals surface area (Å²) in [4.78, 5) is 19.9. The number of pyridine rings is 1. The quantitative estimate of drug-likeness (QED) is 0.644. The maximum atomic E-state index is 13.5. The van der Waals surface area contributed by atoms with Crippen LogP contribution >= 0.6 is 0 Å². The molecule has 0 atom stereocenters. The Balaban J connectivity index is 1.45. The van der Waals surface area contributed by atoms with Crippen molar-refractivity contribution in [3.8, 4) is 5.88 Å². The number of carbonyl (C=O) groups excluding carboxylic acids is 1. The molecule has 29 heavy (non-hydrogen) atoms. The Bertz CT molecular complexity index is 896. The lowest BCUT2D eigenvalue weighted by molar-refractivity contribution is -0.133. The number of likely N-dealkylation sites (tertiary alicyclic amines) is 1. The summed E-state index contributed by atoms with van der Waals surface area (Å²) in [6.45, 7) is 3.36. The number of hydrogen-bond acceptors (Lipinski definition) is 3. The maximum Gasteiger partial charge on any atom is 0.234 e. The molecule has 1 aromatic heterocycles. The van der Waals surface area contributed by atoms with E-state index in [0.29, 0.717) is 19.0 Å². The van der Waals surface area contributed by atoms with Crippen LogP contribution in [-0.2, 0) is 4.79 Å². The second-order valence-corrected chi connectivity index (χ2v) is 7.51. The highest BCUT2D eigenvalue weighted by Crippen LogP contribution is 2.28. The fraction of sp³-hybridized carbons (Fsp3) is 0.280. The average molecular weight is 386 g/mol. The van der Waals surface area contributed by atoms with Gasteiger partial charge in [0.25, 0.3) is 0 Å². The van der Waals surface area contributed by atoms with E-state index in [0.717, 1.165) is 29.7 Å². The molecule has 148 valence electrons. The van der Waals surface area contributed by atoms with Crippen molar-refractivity contribution in [1.29, 1.82) is 0 Å². The number of ether oxygens (including phenoxy) is 1. The molecule has 0 unspecified atom stereocenters. The van der Waals surface area contributed by atoms with Gasteiger partial charge in [-0.3, -0.25) is 4.79 Å². The van der Waals surface area contributed by atoms with Gasteiger partial charge in [-0.25, -0.2) is 4.98 Å². The van der Waals surface area contributed by atoms with E-state index in [4.69, 9.17) is 4.74 Å². The molecular weight excluding hydrogens is 360 g/mol. The Hall–Kier alpha value is -3.14. The van der Waals surface area contributed by atoms with Crippen LogP contribution in [-0.4, -0.2) is 35.0 Å². The van der Waals surface area contributed by atoms with Crippen LogP contribution in [0.25, 0.3) is 0 Å². The highest BCUT2D eigenvalue weighted by Gasteiger charge is 2.31. The van der Waals surface area contributed by atoms with Crippen LogP contribution in [0.1, 0.15) is 35.6 Å². The summed E-state index contributed by atoms with van der Waals surface area (Å²) >= 11 is 0. The third kappa shape index (κ3) is 4.65. The van der Waals surface area contributed by atoms with Gasteiger partial charge in [-0.15, -0.1) is 0 Å². The Morgan fingerprint density at radius 3 is 2.03 bits per heavy atom. The Kier molecular flexibility index (Phi) is 5.89. The van der Waals surface area contributed by atoms with Crippen molar-refractivity contribution < 1.29 is 9.53 Å². The van der Waals surface area contributed by atoms with Gasteiger partial charge in [0.15, 0.2) is 0 Å². The van der Waals surface area contributed by atoms with Crippen molar-refractivity contribution in [2.75, 3.05) is 13.1 Å². The van der Waals surface area contributed by atoms with E-state index in [2.05, 4.69) is 4.98 Å². The van der Waals surface area contributed by atoms with Crippen molar-refractivity contribution in [2.24, 2.45) is 0 Å². The highest BCUT2D eigenvalue weighted by molar-refractivity contribution is 5.87. The van der Waals surface area contributed by atoms with Crippen molar-refractivity contribution in [1.82, 2.24) is 9.88 Å². The lowest BCUT2D eigenvalue weighted by atomic mass is 9.89. The normalized spacial score (nSPS) is 14.8. The molecule has 0 N–H and O–H groups in total. The molecule has 4 rings (SSSR count). The van der Waals surface area contributed by atoms with E-state index in [-0.39, 0.29) is 17.9 Å². The number of aryl methyl sites for hydroxylation is 1. The fourth-order valence-corrected chi connectivity index (χ4v) is 3.90. The zero-order chi connectivity index (χ0) is 20.1. The minimum Gasteiger partial charge on any atom is -0.474 e. The second kappa shape index (κ2) is 8.91. The van der Waals surface area contributed by atoms with Crippen LogP contribution in [0, 0.1) is 6.92 Å². The average Bonchev–Trinajstić information content (AvgIpc) is 2.76. The third-order valence-electron chi connectivity index (χ3n) is 5.42. The Morgan fingerprint density at radius 2 is 1.48 bits per heavy atom. The summed E-state index contributed by atoms with van der Waals surface area (Å²) in [5, 5.41) is 0. The van der Waals surface area contributed by atoms with Gasteiger partial charge in [0.05, 0.1) is 5.92 Å². The van der Waals surface area contributed by atoms with Gasteiger partial charge in [0.1, 0.15) is 6.10 Å². The number of hydrogen-bond donors (Lipinski definition) is 0. The summed E-state index contributed by atoms with van der Waals surface area (Å²) in [6, 6.07) is 25.9. The van der Waals surface area contributed by atoms with E-state index in [1.807, 2.05) is 90.7 Å². The second-order valence-electron chi connectivity index (χ2n) is 7.51. The van der Waals surface area contributed by atoms with Gasteiger partial charge in [0, 0.05) is 37.7 Å². The van der Waals surface area contributed by atoms with Gasteiger partial charge >= 0.3 is 0 Å². The van der Waals surface area contributed by atoms with Crippen molar-refractivity contribution in [3.63, 3.8) is 0 Å². The molecule has 4 nitrogen and oxygen atoms in total. The number of carbonyl (C=O) groups is 1. The van der Waals surface area contributed by atoms with Gasteiger partial charge in [0.2, 0.25) is 11.8 Å². The molecule has 0 spiro atoms. The van der Waals surface area contributed by atoms with E-state index in [1.54, 1.807) is 0 Å². The molecule has 0 aliphatic carbocycles. The van der Waals surface area contributed by atoms with Crippen LogP contribution < -0.4 is 4.74 Å². The van der Waals surface area contributed by atoms with Gasteiger partial charge < -0.3 is 9.64 Å². The summed E-state index contributed by atoms with van der Waals surface area (Å²) in [6.07, 6.45) is 1.73. The van der Waals surface area contributed by atoms with Gasteiger partial charge in [-0.05, 0) is 24.1 Å². The monoisotopic (exact) mass is 386 g/mol. The summed E-state index contributed by atoms with van der Waals surface area (Å²) in [5.41, 5.74) is 3.01. The zero-order valence-corrected chi connectivity index (χ0v) is 16.7. The van der Waals surface area contributed by atoms with Crippen LogP contribution in [0.15, 0.2) is 78.9 Å². The molecule has 0 bridgehead atoms. The maximum absolute atomic E-state index is 13.5. The van der Waals surface area contributed by atoms with Crippen LogP contribution in [0.5, 0.6) is 5.88 Å². The predicted molar refractivity (Wildman–Crippen MR) is 114 cm³/mol. The minimum absolute atomic E-state index is 0.0975. The van der Waals surface area contributed by atoms with E-state index in [9.17, 15) is 4.79 Å². The molecule has 1 saturated heterocycles. The topological polar surface area (TPSA) is 42.4 Å². The summed E-state index contributed by atoms with van der Waals surface area (Å²) in [5.74, 6) is 0.559. The predicted octanol–water partition coefficient (Wildman–Crippen LogP) is 4.59. The molecular formula is C25H26N2O2. The van der Waals surface area contributed by atoms with Crippen LogP contribution in [0.2, 0.25) is 0 Å². The van der Waals surface area contributed by atoms with Crippen LogP contribution in [0.4, 0.5) is 0 Å². The fourth-order valence-electron chi connectivity index (χ4n) is 3.90. The molecule has 1 aliphatic heterocycles. The number of benzene rings is 2. The molecule has 1 amide bonds. The number of piperidine rings is 1. The van der Waals surface area contributed by atoms with Crippen molar-refractivity contribution >= 4 is 5.91 Å². The first kappa shape index (κ1) is 19.2. The van der Waals surface area contributed by atoms with E-state index < -0.39 is 0 Å². The molecule has 2 aromatic carbocycles. The summed E-state index contributed by atoms with van der Waals surface area (Å²) < 4.78 is 6.04. The third-order valence-corrected chi connectivity index (χ3v) is 5.42. The SMILES string of the molecule is Cc1cccc(OC2CCN(C(=O)C(c3ccccc3)c3ccccc3)CC2)n1. The zero-order valence-electron chi connectivity index (χ0n) is 16.7. The molecule has 1 fully saturated rings. The smallest absolute Gasteiger partial charge is 0.234 e. The van der Waals surface area contributed by atoms with E-state index in [1.165, 1.54) is 0 Å². The Morgan fingerprint density at radius 1 is 0.897 bits per heavy atom. The van der Waals surface area contributed by atoms with Gasteiger partial charge in [-0.2, -0.15) is 0 Å². The number of rotatable bonds is 5. The van der Waals surface area contributed by atoms with Crippen molar-refractivity contribution in [3.05, 3.63) is 95.7 Å². The first-order valence-corrected chi connectivity index (χ1v) is 10.2. The number of aromatic nitrogens is 1.